The second-order valence-electron chi connectivity index (χ2n) is 8.37. The number of fused-ring (bicyclic) bond motifs is 1. The van der Waals surface area contributed by atoms with Crippen molar-refractivity contribution >= 4 is 16.8 Å². The van der Waals surface area contributed by atoms with E-state index in [4.69, 9.17) is 4.98 Å². The van der Waals surface area contributed by atoms with Gasteiger partial charge >= 0.3 is 0 Å². The van der Waals surface area contributed by atoms with E-state index in [0.717, 1.165) is 67.8 Å². The highest BCUT2D eigenvalue weighted by molar-refractivity contribution is 6.06. The van der Waals surface area contributed by atoms with Gasteiger partial charge in [0.25, 0.3) is 5.91 Å². The molecular weight excluding hydrogens is 336 g/mol. The van der Waals surface area contributed by atoms with E-state index in [1.807, 2.05) is 0 Å². The van der Waals surface area contributed by atoms with Crippen LogP contribution in [-0.4, -0.2) is 66.0 Å². The molecule has 1 aromatic carbocycles. The maximum atomic E-state index is 13.5. The smallest absolute Gasteiger partial charge is 0.254 e. The van der Waals surface area contributed by atoms with Gasteiger partial charge in [-0.15, -0.1) is 0 Å². The van der Waals surface area contributed by atoms with E-state index < -0.39 is 0 Å². The number of carbonyl (C=O) groups excluding carboxylic acids is 1. The Balaban J connectivity index is 1.44. The summed E-state index contributed by atoms with van der Waals surface area (Å²) in [5.74, 6) is 0.738. The van der Waals surface area contributed by atoms with Crippen LogP contribution >= 0.6 is 0 Å². The van der Waals surface area contributed by atoms with E-state index >= 15 is 0 Å². The first-order chi connectivity index (χ1) is 13.2. The lowest BCUT2D eigenvalue weighted by Gasteiger charge is -2.32. The highest BCUT2D eigenvalue weighted by Gasteiger charge is 2.33. The maximum Gasteiger partial charge on any atom is 0.254 e. The number of carbonyl (C=O) groups is 1. The first-order valence-corrected chi connectivity index (χ1v) is 10.3. The zero-order valence-corrected chi connectivity index (χ0v) is 16.1. The lowest BCUT2D eigenvalue weighted by Crippen LogP contribution is -2.49. The molecule has 2 aromatic rings. The van der Waals surface area contributed by atoms with Crippen molar-refractivity contribution in [3.63, 3.8) is 0 Å². The topological polar surface area (TPSA) is 48.5 Å². The molecule has 2 saturated heterocycles. The van der Waals surface area contributed by atoms with Crippen LogP contribution in [0.5, 0.6) is 0 Å². The molecule has 0 bridgehead atoms. The number of amides is 1. The Bertz CT molecular complexity index is 870. The first kappa shape index (κ1) is 17.1. The van der Waals surface area contributed by atoms with Crippen molar-refractivity contribution in [2.75, 3.05) is 39.3 Å². The number of nitrogens with zero attached hydrogens (tertiary/aromatic N) is 3. The minimum Gasteiger partial charge on any atom is -0.337 e. The Morgan fingerprint density at radius 2 is 1.93 bits per heavy atom. The molecule has 1 amide bonds. The van der Waals surface area contributed by atoms with Gasteiger partial charge in [0.2, 0.25) is 0 Å². The van der Waals surface area contributed by atoms with Crippen LogP contribution in [-0.2, 0) is 0 Å². The predicted molar refractivity (Wildman–Crippen MR) is 107 cm³/mol. The summed E-state index contributed by atoms with van der Waals surface area (Å²) in [7, 11) is 0. The van der Waals surface area contributed by atoms with Gasteiger partial charge in [0.15, 0.2) is 0 Å². The molecule has 1 unspecified atom stereocenters. The lowest BCUT2D eigenvalue weighted by molar-refractivity contribution is 0.0775. The van der Waals surface area contributed by atoms with Gasteiger partial charge in [0.05, 0.1) is 11.1 Å². The van der Waals surface area contributed by atoms with Crippen molar-refractivity contribution in [2.45, 2.75) is 38.1 Å². The minimum absolute atomic E-state index is 0.188. The molecule has 1 N–H and O–H groups in total. The highest BCUT2D eigenvalue weighted by atomic mass is 16.2. The quantitative estimate of drug-likeness (QED) is 0.909. The van der Waals surface area contributed by atoms with Crippen LogP contribution in [0.3, 0.4) is 0 Å². The van der Waals surface area contributed by atoms with Crippen molar-refractivity contribution in [1.82, 2.24) is 20.1 Å². The van der Waals surface area contributed by atoms with Gasteiger partial charge in [-0.3, -0.25) is 14.7 Å². The molecule has 1 aliphatic carbocycles. The van der Waals surface area contributed by atoms with E-state index in [2.05, 4.69) is 46.3 Å². The Morgan fingerprint density at radius 3 is 2.70 bits per heavy atom. The summed E-state index contributed by atoms with van der Waals surface area (Å²) in [6.45, 7) is 8.10. The summed E-state index contributed by atoms with van der Waals surface area (Å²) in [6.07, 6.45) is 3.49. The number of pyridine rings is 1. The van der Waals surface area contributed by atoms with Crippen LogP contribution in [0.25, 0.3) is 10.9 Å². The fraction of sp³-hybridized carbons (Fsp3) is 0.545. The number of hydrogen-bond acceptors (Lipinski definition) is 4. The third kappa shape index (κ3) is 3.34. The van der Waals surface area contributed by atoms with Crippen molar-refractivity contribution < 1.29 is 4.79 Å². The minimum atomic E-state index is 0.188. The molecule has 1 aromatic heterocycles. The SMILES string of the molecule is Cc1ccc2nc(C3CC3)cc(C(=O)N3CCC(N4CCNCC4)C3)c2c1. The second-order valence-corrected chi connectivity index (χ2v) is 8.37. The molecule has 5 rings (SSSR count). The van der Waals surface area contributed by atoms with Gasteiger partial charge in [0.1, 0.15) is 0 Å². The molecule has 0 spiro atoms. The average molecular weight is 364 g/mol. The molecule has 5 nitrogen and oxygen atoms in total. The number of benzene rings is 1. The summed E-state index contributed by atoms with van der Waals surface area (Å²) in [5.41, 5.74) is 4.10. The molecule has 3 aliphatic rings. The van der Waals surface area contributed by atoms with Crippen LogP contribution in [0.1, 0.15) is 46.8 Å². The van der Waals surface area contributed by atoms with Gasteiger partial charge in [-0.1, -0.05) is 11.6 Å². The highest BCUT2D eigenvalue weighted by Crippen LogP contribution is 2.40. The first-order valence-electron chi connectivity index (χ1n) is 10.3. The third-order valence-electron chi connectivity index (χ3n) is 6.33. The number of rotatable bonds is 3. The van der Waals surface area contributed by atoms with E-state index in [1.165, 1.54) is 18.4 Å². The fourth-order valence-corrected chi connectivity index (χ4v) is 4.57. The summed E-state index contributed by atoms with van der Waals surface area (Å²) in [4.78, 5) is 22.9. The van der Waals surface area contributed by atoms with Gasteiger partial charge in [-0.25, -0.2) is 0 Å². The third-order valence-corrected chi connectivity index (χ3v) is 6.33. The molecular formula is C22H28N4O. The van der Waals surface area contributed by atoms with E-state index in [9.17, 15) is 4.79 Å². The molecule has 2 aliphatic heterocycles. The normalized spacial score (nSPS) is 23.9. The van der Waals surface area contributed by atoms with Crippen LogP contribution < -0.4 is 5.32 Å². The standard InChI is InChI=1S/C22H28N4O/c1-15-2-5-20-18(12-15)19(13-21(24-20)16-3-4-16)22(27)26-9-6-17(14-26)25-10-7-23-8-11-25/h2,5,12-13,16-17,23H,3-4,6-11,14H2,1H3. The van der Waals surface area contributed by atoms with E-state index in [0.29, 0.717) is 12.0 Å². The van der Waals surface area contributed by atoms with Gasteiger partial charge in [-0.2, -0.15) is 0 Å². The maximum absolute atomic E-state index is 13.5. The van der Waals surface area contributed by atoms with Crippen LogP contribution in [0.15, 0.2) is 24.3 Å². The average Bonchev–Trinajstić information content (AvgIpc) is 3.44. The Morgan fingerprint density at radius 1 is 1.11 bits per heavy atom. The number of hydrogen-bond donors (Lipinski definition) is 1. The van der Waals surface area contributed by atoms with E-state index in [-0.39, 0.29) is 5.91 Å². The van der Waals surface area contributed by atoms with Gasteiger partial charge < -0.3 is 10.2 Å². The van der Waals surface area contributed by atoms with Crippen molar-refractivity contribution in [1.29, 1.82) is 0 Å². The molecule has 1 atom stereocenters. The Hall–Kier alpha value is -1.98. The summed E-state index contributed by atoms with van der Waals surface area (Å²) >= 11 is 0. The predicted octanol–water partition coefficient (Wildman–Crippen LogP) is 2.54. The van der Waals surface area contributed by atoms with Crippen molar-refractivity contribution in [3.05, 3.63) is 41.1 Å². The summed E-state index contributed by atoms with van der Waals surface area (Å²) in [5, 5.41) is 4.43. The second kappa shape index (κ2) is 6.88. The molecule has 1 saturated carbocycles. The van der Waals surface area contributed by atoms with Crippen LogP contribution in [0.4, 0.5) is 0 Å². The monoisotopic (exact) mass is 364 g/mol. The zero-order valence-electron chi connectivity index (χ0n) is 16.1. The number of aryl methyl sites for hydroxylation is 1. The molecule has 3 fully saturated rings. The fourth-order valence-electron chi connectivity index (χ4n) is 4.57. The van der Waals surface area contributed by atoms with Crippen molar-refractivity contribution in [2.24, 2.45) is 0 Å². The number of aromatic nitrogens is 1. The zero-order chi connectivity index (χ0) is 18.4. The van der Waals surface area contributed by atoms with Crippen LogP contribution in [0.2, 0.25) is 0 Å². The number of piperazine rings is 1. The van der Waals surface area contributed by atoms with Gasteiger partial charge in [-0.05, 0) is 44.4 Å². The summed E-state index contributed by atoms with van der Waals surface area (Å²) in [6, 6.07) is 8.88. The largest absolute Gasteiger partial charge is 0.337 e. The molecule has 5 heteroatoms. The molecule has 3 heterocycles. The van der Waals surface area contributed by atoms with E-state index in [1.54, 1.807) is 0 Å². The summed E-state index contributed by atoms with van der Waals surface area (Å²) < 4.78 is 0. The van der Waals surface area contributed by atoms with Crippen molar-refractivity contribution in [3.8, 4) is 0 Å². The Kier molecular flexibility index (Phi) is 4.37. The van der Waals surface area contributed by atoms with Gasteiger partial charge in [0, 0.05) is 62.3 Å². The molecule has 27 heavy (non-hydrogen) atoms. The molecule has 0 radical (unpaired) electrons. The van der Waals surface area contributed by atoms with Crippen LogP contribution in [0, 0.1) is 6.92 Å². The number of likely N-dealkylation sites (tertiary alicyclic amines) is 1. The Labute approximate surface area is 160 Å². The number of nitrogens with one attached hydrogen (secondary N) is 1. The lowest BCUT2D eigenvalue weighted by atomic mass is 10.0. The molecule has 142 valence electrons.